The minimum atomic E-state index is -0.685. The van der Waals surface area contributed by atoms with Crippen LogP contribution in [-0.2, 0) is 9.53 Å². The number of nitrogens with one attached hydrogen (secondary N) is 1. The van der Waals surface area contributed by atoms with Gasteiger partial charge in [-0.2, -0.15) is 0 Å². The first kappa shape index (κ1) is 15.2. The maximum atomic E-state index is 11.7. The monoisotopic (exact) mass is 263 g/mol. The van der Waals surface area contributed by atoms with Gasteiger partial charge >= 0.3 is 6.09 Å². The van der Waals surface area contributed by atoms with Gasteiger partial charge in [-0.05, 0) is 45.7 Å². The number of benzene rings is 1. The Bertz CT molecular complexity index is 475. The van der Waals surface area contributed by atoms with Crippen LogP contribution in [0.2, 0.25) is 0 Å². The van der Waals surface area contributed by atoms with Crippen LogP contribution in [0.25, 0.3) is 0 Å². The smallest absolute Gasteiger partial charge is 0.408 e. The summed E-state index contributed by atoms with van der Waals surface area (Å²) in [4.78, 5) is 22.9. The van der Waals surface area contributed by atoms with Crippen molar-refractivity contribution in [3.05, 3.63) is 34.9 Å². The fourth-order valence-electron chi connectivity index (χ4n) is 1.71. The average molecular weight is 263 g/mol. The Balaban J connectivity index is 2.87. The van der Waals surface area contributed by atoms with Crippen LogP contribution in [0.3, 0.4) is 0 Å². The molecule has 1 unspecified atom stereocenters. The molecular weight excluding hydrogens is 242 g/mol. The Morgan fingerprint density at radius 1 is 1.32 bits per heavy atom. The molecule has 0 heterocycles. The summed E-state index contributed by atoms with van der Waals surface area (Å²) in [5.41, 5.74) is 2.21. The van der Waals surface area contributed by atoms with Gasteiger partial charge in [0.05, 0.1) is 0 Å². The summed E-state index contributed by atoms with van der Waals surface area (Å²) >= 11 is 0. The van der Waals surface area contributed by atoms with Crippen LogP contribution in [0.5, 0.6) is 0 Å². The van der Waals surface area contributed by atoms with Crippen LogP contribution < -0.4 is 5.32 Å². The molecule has 1 N–H and O–H groups in total. The van der Waals surface area contributed by atoms with Gasteiger partial charge in [0.1, 0.15) is 17.9 Å². The van der Waals surface area contributed by atoms with E-state index in [4.69, 9.17) is 4.74 Å². The van der Waals surface area contributed by atoms with Gasteiger partial charge < -0.3 is 14.8 Å². The van der Waals surface area contributed by atoms with E-state index in [1.165, 1.54) is 0 Å². The Morgan fingerprint density at radius 2 is 1.95 bits per heavy atom. The minimum absolute atomic E-state index is 0.584. The molecule has 0 aliphatic carbocycles. The summed E-state index contributed by atoms with van der Waals surface area (Å²) in [7, 11) is 0. The molecule has 1 amide bonds. The lowest BCUT2D eigenvalue weighted by Crippen LogP contribution is -2.35. The van der Waals surface area contributed by atoms with Crippen LogP contribution in [0.4, 0.5) is 4.79 Å². The predicted octanol–water partition coefficient (Wildman–Crippen LogP) is 3.07. The SMILES string of the molecule is Cc1ccc(C)c(C(C=O)NC(=O)OC(C)(C)C)c1. The molecule has 0 spiro atoms. The van der Waals surface area contributed by atoms with E-state index < -0.39 is 17.7 Å². The first-order valence-corrected chi connectivity index (χ1v) is 6.25. The number of carbonyl (C=O) groups excluding carboxylic acids is 2. The predicted molar refractivity (Wildman–Crippen MR) is 74.1 cm³/mol. The van der Waals surface area contributed by atoms with E-state index in [-0.39, 0.29) is 0 Å². The number of aryl methyl sites for hydroxylation is 2. The zero-order valence-corrected chi connectivity index (χ0v) is 12.1. The van der Waals surface area contributed by atoms with Gasteiger partial charge in [0.2, 0.25) is 0 Å². The lowest BCUT2D eigenvalue weighted by atomic mass is 10.00. The van der Waals surface area contributed by atoms with E-state index in [1.807, 2.05) is 32.0 Å². The molecule has 19 heavy (non-hydrogen) atoms. The fourth-order valence-corrected chi connectivity index (χ4v) is 1.71. The molecule has 4 nitrogen and oxygen atoms in total. The highest BCUT2D eigenvalue weighted by Crippen LogP contribution is 2.18. The third-order valence-corrected chi connectivity index (χ3v) is 2.58. The highest BCUT2D eigenvalue weighted by atomic mass is 16.6. The van der Waals surface area contributed by atoms with Crippen LogP contribution in [0.15, 0.2) is 18.2 Å². The number of amides is 1. The Labute approximate surface area is 114 Å². The van der Waals surface area contributed by atoms with E-state index in [9.17, 15) is 9.59 Å². The van der Waals surface area contributed by atoms with Crippen molar-refractivity contribution < 1.29 is 14.3 Å². The fraction of sp³-hybridized carbons (Fsp3) is 0.467. The van der Waals surface area contributed by atoms with Gasteiger partial charge in [0.15, 0.2) is 0 Å². The van der Waals surface area contributed by atoms with Crippen LogP contribution >= 0.6 is 0 Å². The third kappa shape index (κ3) is 4.73. The van der Waals surface area contributed by atoms with E-state index in [1.54, 1.807) is 20.8 Å². The lowest BCUT2D eigenvalue weighted by molar-refractivity contribution is -0.109. The summed E-state index contributed by atoms with van der Waals surface area (Å²) in [6, 6.07) is 5.10. The number of hydrogen-bond donors (Lipinski definition) is 1. The summed E-state index contributed by atoms with van der Waals surface area (Å²) < 4.78 is 5.15. The van der Waals surface area contributed by atoms with E-state index in [2.05, 4.69) is 5.32 Å². The standard InChI is InChI=1S/C15H21NO3/c1-10-6-7-11(2)12(8-10)13(9-17)16-14(18)19-15(3,4)5/h6-9,13H,1-5H3,(H,16,18). The van der Waals surface area contributed by atoms with Gasteiger partial charge in [0.25, 0.3) is 0 Å². The largest absolute Gasteiger partial charge is 0.444 e. The van der Waals surface area contributed by atoms with Crippen molar-refractivity contribution in [1.82, 2.24) is 5.32 Å². The zero-order chi connectivity index (χ0) is 14.6. The Hall–Kier alpha value is -1.84. The summed E-state index contributed by atoms with van der Waals surface area (Å²) in [5, 5.41) is 2.58. The molecule has 0 saturated carbocycles. The van der Waals surface area contributed by atoms with Crippen LogP contribution in [0, 0.1) is 13.8 Å². The number of aldehydes is 1. The van der Waals surface area contributed by atoms with Crippen molar-refractivity contribution in [2.75, 3.05) is 0 Å². The molecule has 1 aromatic rings. The number of ether oxygens (including phenoxy) is 1. The van der Waals surface area contributed by atoms with Crippen LogP contribution in [-0.4, -0.2) is 18.0 Å². The molecule has 104 valence electrons. The van der Waals surface area contributed by atoms with Gasteiger partial charge in [-0.1, -0.05) is 23.8 Å². The molecule has 1 atom stereocenters. The second kappa shape index (κ2) is 5.87. The van der Waals surface area contributed by atoms with Gasteiger partial charge in [-0.15, -0.1) is 0 Å². The summed E-state index contributed by atoms with van der Waals surface area (Å²) in [5.74, 6) is 0. The molecule has 0 aliphatic rings. The van der Waals surface area contributed by atoms with Crippen molar-refractivity contribution in [3.8, 4) is 0 Å². The molecular formula is C15H21NO3. The molecule has 4 heteroatoms. The maximum absolute atomic E-state index is 11.7. The molecule has 0 bridgehead atoms. The highest BCUT2D eigenvalue weighted by Gasteiger charge is 2.21. The Morgan fingerprint density at radius 3 is 2.47 bits per heavy atom. The third-order valence-electron chi connectivity index (χ3n) is 2.58. The molecule has 0 aromatic heterocycles. The van der Waals surface area contributed by atoms with Crippen molar-refractivity contribution in [3.63, 3.8) is 0 Å². The van der Waals surface area contributed by atoms with E-state index in [0.29, 0.717) is 6.29 Å². The van der Waals surface area contributed by atoms with E-state index >= 15 is 0 Å². The minimum Gasteiger partial charge on any atom is -0.444 e. The topological polar surface area (TPSA) is 55.4 Å². The van der Waals surface area contributed by atoms with Crippen molar-refractivity contribution in [2.45, 2.75) is 46.3 Å². The number of hydrogen-bond acceptors (Lipinski definition) is 3. The zero-order valence-electron chi connectivity index (χ0n) is 12.1. The Kier molecular flexibility index (Phi) is 4.70. The van der Waals surface area contributed by atoms with Gasteiger partial charge in [-0.3, -0.25) is 0 Å². The quantitative estimate of drug-likeness (QED) is 0.853. The molecule has 0 saturated heterocycles. The number of alkyl carbamates (subject to hydrolysis) is 1. The molecule has 0 fully saturated rings. The van der Waals surface area contributed by atoms with Crippen molar-refractivity contribution in [1.29, 1.82) is 0 Å². The summed E-state index contributed by atoms with van der Waals surface area (Å²) in [6.07, 6.45) is 0.122. The first-order chi connectivity index (χ1) is 8.73. The molecule has 1 aromatic carbocycles. The lowest BCUT2D eigenvalue weighted by Gasteiger charge is -2.22. The highest BCUT2D eigenvalue weighted by molar-refractivity contribution is 5.75. The normalized spacial score (nSPS) is 12.7. The van der Waals surface area contributed by atoms with Crippen LogP contribution in [0.1, 0.15) is 43.5 Å². The maximum Gasteiger partial charge on any atom is 0.408 e. The number of rotatable bonds is 3. The second-order valence-corrected chi connectivity index (χ2v) is 5.62. The average Bonchev–Trinajstić information content (AvgIpc) is 2.27. The summed E-state index contributed by atoms with van der Waals surface area (Å²) in [6.45, 7) is 9.18. The molecule has 0 radical (unpaired) electrons. The second-order valence-electron chi connectivity index (χ2n) is 5.62. The van der Waals surface area contributed by atoms with Crippen molar-refractivity contribution in [2.24, 2.45) is 0 Å². The first-order valence-electron chi connectivity index (χ1n) is 6.25. The number of carbonyl (C=O) groups is 2. The molecule has 0 aliphatic heterocycles. The molecule has 1 rings (SSSR count). The van der Waals surface area contributed by atoms with Crippen molar-refractivity contribution >= 4 is 12.4 Å². The van der Waals surface area contributed by atoms with Gasteiger partial charge in [-0.25, -0.2) is 4.79 Å². The van der Waals surface area contributed by atoms with E-state index in [0.717, 1.165) is 16.7 Å². The van der Waals surface area contributed by atoms with Gasteiger partial charge in [0, 0.05) is 0 Å².